The van der Waals surface area contributed by atoms with Gasteiger partial charge < -0.3 is 18.9 Å². The van der Waals surface area contributed by atoms with Gasteiger partial charge in [-0.2, -0.15) is 0 Å². The Kier molecular flexibility index (Phi) is 33.4. The molecule has 116 valence electrons. The topological polar surface area (TPSA) is 89.5 Å². The summed E-state index contributed by atoms with van der Waals surface area (Å²) in [6.07, 6.45) is 5.84. The summed E-state index contributed by atoms with van der Waals surface area (Å²) in [6.45, 7) is 4.58. The van der Waals surface area contributed by atoms with E-state index in [1.165, 1.54) is 25.7 Å². The molecule has 0 saturated carbocycles. The van der Waals surface area contributed by atoms with Gasteiger partial charge in [0.25, 0.3) is 0 Å². The molecule has 0 aliphatic carbocycles. The molecule has 2 unspecified atom stereocenters. The van der Waals surface area contributed by atoms with Gasteiger partial charge in [0, 0.05) is 0 Å². The fourth-order valence-corrected chi connectivity index (χ4v) is 5.50. The minimum Gasteiger partial charge on any atom is -0.781 e. The predicted octanol–water partition coefficient (Wildman–Crippen LogP) is 3.05. The van der Waals surface area contributed by atoms with Crippen molar-refractivity contribution in [2.24, 2.45) is 0 Å². The van der Waals surface area contributed by atoms with E-state index in [1.54, 1.807) is 8.87 Å². The molecule has 19 heavy (non-hydrogen) atoms. The number of hydrogen-bond acceptors (Lipinski definition) is 5. The molecule has 0 bridgehead atoms. The fraction of sp³-hybridized carbons (Fsp3) is 1.00. The van der Waals surface area contributed by atoms with Gasteiger partial charge in [-0.05, 0) is 0 Å². The van der Waals surface area contributed by atoms with E-state index < -0.39 is 16.5 Å². The molecular weight excluding hydrogens is 440 g/mol. The monoisotopic (exact) mass is 462 g/mol. The first-order chi connectivity index (χ1) is 8.95. The van der Waals surface area contributed by atoms with Gasteiger partial charge in [0.05, 0.1) is 5.34 Å². The summed E-state index contributed by atoms with van der Waals surface area (Å²) in [7, 11) is -7.03. The van der Waals surface area contributed by atoms with E-state index >= 15 is 0 Å². The first-order valence-corrected chi connectivity index (χ1v) is 13.4. The molecule has 0 aromatic rings. The van der Waals surface area contributed by atoms with Crippen LogP contribution in [-0.2, 0) is 13.4 Å². The molecule has 0 aliphatic rings. The standard InChI is InChI=1S/2C4H9.CH2Cl2.H4O5P2.Sn/c2*1-3-4-2;2-1-3;1-6(2)5-7(3)4;/h2*1,3-4H2,2H3;1H2;6-7H,(H,1,2)(H,3,4);/q;;;;+2/p-2. The van der Waals surface area contributed by atoms with Crippen LogP contribution in [0.4, 0.5) is 0 Å². The van der Waals surface area contributed by atoms with Crippen LogP contribution in [0.25, 0.3) is 0 Å². The summed E-state index contributed by atoms with van der Waals surface area (Å²) in [4.78, 5) is 18.6. The Morgan fingerprint density at radius 1 is 1.00 bits per heavy atom. The first-order valence-electron chi connectivity index (χ1n) is 5.88. The van der Waals surface area contributed by atoms with Crippen molar-refractivity contribution >= 4 is 60.9 Å². The van der Waals surface area contributed by atoms with E-state index in [2.05, 4.69) is 18.2 Å². The SMILES string of the molecule is CCC[CH2][Sn+2][CH2]CCC.ClCCl.O=[PH]([O-])O[PH](=O)[O-]. The second-order valence-electron chi connectivity index (χ2n) is 3.16. The van der Waals surface area contributed by atoms with Crippen molar-refractivity contribution in [1.82, 2.24) is 0 Å². The number of hydrogen-bond donors (Lipinski definition) is 0. The fourth-order valence-electron chi connectivity index (χ4n) is 0.797. The average molecular weight is 462 g/mol. The second kappa shape index (κ2) is 24.7. The summed E-state index contributed by atoms with van der Waals surface area (Å²) in [5, 5.41) is 0.194. The molecular formula is C9H22Cl2O5P2Sn. The minimum absolute atomic E-state index is 0.149. The van der Waals surface area contributed by atoms with Crippen LogP contribution in [0.5, 0.6) is 0 Å². The zero-order valence-electron chi connectivity index (χ0n) is 11.2. The van der Waals surface area contributed by atoms with Gasteiger partial charge in [-0.1, -0.05) is 0 Å². The van der Waals surface area contributed by atoms with Crippen LogP contribution < -0.4 is 9.79 Å². The van der Waals surface area contributed by atoms with Crippen molar-refractivity contribution in [2.75, 3.05) is 5.34 Å². The molecule has 0 N–H and O–H groups in total. The van der Waals surface area contributed by atoms with Crippen molar-refractivity contribution < 1.29 is 23.2 Å². The van der Waals surface area contributed by atoms with Gasteiger partial charge in [-0.15, -0.1) is 23.2 Å². The van der Waals surface area contributed by atoms with E-state index in [1.807, 2.05) is 0 Å². The Morgan fingerprint density at radius 3 is 1.47 bits per heavy atom. The normalized spacial score (nSPS) is 12.1. The smallest absolute Gasteiger partial charge is 0.128 e. The summed E-state index contributed by atoms with van der Waals surface area (Å²) in [5.41, 5.74) is 0. The molecule has 2 atom stereocenters. The van der Waals surface area contributed by atoms with E-state index in [0.29, 0.717) is 0 Å². The van der Waals surface area contributed by atoms with Crippen LogP contribution in [0.15, 0.2) is 0 Å². The van der Waals surface area contributed by atoms with E-state index in [4.69, 9.17) is 23.2 Å². The van der Waals surface area contributed by atoms with Gasteiger partial charge in [-0.25, -0.2) is 0 Å². The van der Waals surface area contributed by atoms with Gasteiger partial charge in [0.1, 0.15) is 16.5 Å². The zero-order chi connectivity index (χ0) is 15.5. The number of alkyl halides is 2. The van der Waals surface area contributed by atoms with Crippen molar-refractivity contribution in [2.45, 2.75) is 48.4 Å². The summed E-state index contributed by atoms with van der Waals surface area (Å²) >= 11 is 9.68. The zero-order valence-corrected chi connectivity index (χ0v) is 17.6. The Balaban J connectivity index is -0.000000228. The van der Waals surface area contributed by atoms with E-state index in [9.17, 15) is 18.9 Å². The Hall–Kier alpha value is 1.72. The predicted molar refractivity (Wildman–Crippen MR) is 80.8 cm³/mol. The van der Waals surface area contributed by atoms with Crippen molar-refractivity contribution in [3.63, 3.8) is 0 Å². The number of rotatable bonds is 8. The largest absolute Gasteiger partial charge is 0.781 e. The minimum atomic E-state index is -3.51. The summed E-state index contributed by atoms with van der Waals surface area (Å²) in [5.74, 6) is 0. The quantitative estimate of drug-likeness (QED) is 0.240. The van der Waals surface area contributed by atoms with Gasteiger partial charge in [0.15, 0.2) is 0 Å². The summed E-state index contributed by atoms with van der Waals surface area (Å²) in [6, 6.07) is 0. The Bertz CT molecular complexity index is 195. The van der Waals surface area contributed by atoms with Crippen LogP contribution in [-0.4, -0.2) is 26.5 Å². The van der Waals surface area contributed by atoms with Gasteiger partial charge in [0.2, 0.25) is 0 Å². The number of unbranched alkanes of at least 4 members (excludes halogenated alkanes) is 2. The van der Waals surface area contributed by atoms with E-state index in [-0.39, 0.29) is 26.5 Å². The molecule has 0 fully saturated rings. The molecule has 0 aromatic heterocycles. The van der Waals surface area contributed by atoms with Crippen molar-refractivity contribution in [3.05, 3.63) is 0 Å². The molecule has 0 amide bonds. The van der Waals surface area contributed by atoms with Crippen LogP contribution in [0.3, 0.4) is 0 Å². The molecule has 0 spiro atoms. The molecule has 0 aromatic carbocycles. The maximum Gasteiger partial charge on any atom is 0.128 e. The molecule has 0 saturated heterocycles. The van der Waals surface area contributed by atoms with Crippen LogP contribution in [0.2, 0.25) is 8.87 Å². The third-order valence-electron chi connectivity index (χ3n) is 1.58. The second-order valence-corrected chi connectivity index (χ2v) is 10.1. The third kappa shape index (κ3) is 45.1. The first kappa shape index (κ1) is 25.7. The summed E-state index contributed by atoms with van der Waals surface area (Å²) < 4.78 is 25.1. The molecule has 0 radical (unpaired) electrons. The average Bonchev–Trinajstić information content (AvgIpc) is 2.29. The molecule has 0 heterocycles. The van der Waals surface area contributed by atoms with Gasteiger partial charge >= 0.3 is 69.5 Å². The molecule has 5 nitrogen and oxygen atoms in total. The number of halogens is 2. The van der Waals surface area contributed by atoms with Crippen molar-refractivity contribution in [1.29, 1.82) is 0 Å². The molecule has 10 heteroatoms. The van der Waals surface area contributed by atoms with E-state index in [0.717, 1.165) is 0 Å². The van der Waals surface area contributed by atoms with Crippen molar-refractivity contribution in [3.8, 4) is 0 Å². The van der Waals surface area contributed by atoms with Crippen LogP contribution >= 0.6 is 39.7 Å². The Labute approximate surface area is 137 Å². The van der Waals surface area contributed by atoms with Crippen LogP contribution in [0.1, 0.15) is 39.5 Å². The Morgan fingerprint density at radius 2 is 1.32 bits per heavy atom. The van der Waals surface area contributed by atoms with Crippen LogP contribution in [0, 0.1) is 0 Å². The maximum absolute atomic E-state index is 9.29. The van der Waals surface area contributed by atoms with Gasteiger partial charge in [-0.3, -0.25) is 4.31 Å². The molecule has 0 rings (SSSR count). The molecule has 0 aliphatic heterocycles. The maximum atomic E-state index is 9.29. The third-order valence-corrected chi connectivity index (χ3v) is 6.95.